The van der Waals surface area contributed by atoms with E-state index in [-0.39, 0.29) is 30.6 Å². The SMILES string of the molecule is CC(C)(C)c1nc(CNC(=O)N2CCCC[C@@H]2CCO)no1. The second kappa shape index (κ2) is 7.09. The normalized spacial score (nSPS) is 19.3. The van der Waals surface area contributed by atoms with E-state index in [1.807, 2.05) is 25.7 Å². The lowest BCUT2D eigenvalue weighted by atomic mass is 9.97. The summed E-state index contributed by atoms with van der Waals surface area (Å²) in [5, 5.41) is 15.9. The Balaban J connectivity index is 1.90. The molecule has 1 atom stereocenters. The van der Waals surface area contributed by atoms with Gasteiger partial charge in [-0.15, -0.1) is 0 Å². The fraction of sp³-hybridized carbons (Fsp3) is 0.800. The Morgan fingerprint density at radius 3 is 2.86 bits per heavy atom. The van der Waals surface area contributed by atoms with E-state index >= 15 is 0 Å². The minimum atomic E-state index is -0.200. The molecule has 2 rings (SSSR count). The van der Waals surface area contributed by atoms with E-state index in [0.29, 0.717) is 18.1 Å². The van der Waals surface area contributed by atoms with Crippen LogP contribution in [0, 0.1) is 0 Å². The Labute approximate surface area is 131 Å². The molecule has 1 saturated heterocycles. The van der Waals surface area contributed by atoms with Crippen molar-refractivity contribution in [2.24, 2.45) is 0 Å². The molecule has 0 unspecified atom stereocenters. The summed E-state index contributed by atoms with van der Waals surface area (Å²) < 4.78 is 5.21. The second-order valence-corrected chi connectivity index (χ2v) is 6.78. The zero-order valence-corrected chi connectivity index (χ0v) is 13.6. The molecule has 124 valence electrons. The van der Waals surface area contributed by atoms with Crippen molar-refractivity contribution in [2.75, 3.05) is 13.2 Å². The first-order chi connectivity index (χ1) is 10.4. The smallest absolute Gasteiger partial charge is 0.318 e. The van der Waals surface area contributed by atoms with Gasteiger partial charge in [0.05, 0.1) is 6.54 Å². The van der Waals surface area contributed by atoms with Gasteiger partial charge in [-0.1, -0.05) is 25.9 Å². The van der Waals surface area contributed by atoms with Gasteiger partial charge in [0.1, 0.15) is 0 Å². The van der Waals surface area contributed by atoms with Gasteiger partial charge < -0.3 is 19.8 Å². The van der Waals surface area contributed by atoms with E-state index in [4.69, 9.17) is 9.63 Å². The average Bonchev–Trinajstić information content (AvgIpc) is 2.95. The molecule has 7 nitrogen and oxygen atoms in total. The van der Waals surface area contributed by atoms with Crippen molar-refractivity contribution < 1.29 is 14.4 Å². The van der Waals surface area contributed by atoms with Crippen LogP contribution >= 0.6 is 0 Å². The molecule has 0 bridgehead atoms. The summed E-state index contributed by atoms with van der Waals surface area (Å²) in [6, 6.07) is -0.00517. The third-order valence-electron chi connectivity index (χ3n) is 3.86. The fourth-order valence-corrected chi connectivity index (χ4v) is 2.60. The van der Waals surface area contributed by atoms with Crippen molar-refractivity contribution in [2.45, 2.75) is 64.5 Å². The van der Waals surface area contributed by atoms with Crippen LogP contribution < -0.4 is 5.32 Å². The predicted octanol–water partition coefficient (Wildman–Crippen LogP) is 1.81. The van der Waals surface area contributed by atoms with Gasteiger partial charge in [0.15, 0.2) is 5.82 Å². The van der Waals surface area contributed by atoms with E-state index in [9.17, 15) is 4.79 Å². The van der Waals surface area contributed by atoms with Gasteiger partial charge in [-0.05, 0) is 25.7 Å². The molecule has 1 fully saturated rings. The Kier molecular flexibility index (Phi) is 5.39. The number of amides is 2. The van der Waals surface area contributed by atoms with Gasteiger partial charge in [-0.2, -0.15) is 4.98 Å². The molecule has 1 aromatic rings. The summed E-state index contributed by atoms with van der Waals surface area (Å²) in [5.74, 6) is 1.04. The molecule has 22 heavy (non-hydrogen) atoms. The maximum atomic E-state index is 12.3. The van der Waals surface area contributed by atoms with E-state index in [1.165, 1.54) is 0 Å². The molecule has 0 saturated carbocycles. The number of piperidine rings is 1. The number of nitrogens with one attached hydrogen (secondary N) is 1. The number of carbonyl (C=O) groups excluding carboxylic acids is 1. The highest BCUT2D eigenvalue weighted by atomic mass is 16.5. The number of carbonyl (C=O) groups is 1. The Bertz CT molecular complexity index is 493. The zero-order chi connectivity index (χ0) is 16.2. The number of likely N-dealkylation sites (tertiary alicyclic amines) is 1. The number of aromatic nitrogens is 2. The molecular formula is C15H26N4O3. The van der Waals surface area contributed by atoms with Crippen molar-refractivity contribution in [3.05, 3.63) is 11.7 Å². The number of hydrogen-bond acceptors (Lipinski definition) is 5. The highest BCUT2D eigenvalue weighted by Crippen LogP contribution is 2.20. The van der Waals surface area contributed by atoms with Crippen LogP contribution in [0.3, 0.4) is 0 Å². The largest absolute Gasteiger partial charge is 0.396 e. The Hall–Kier alpha value is -1.63. The number of urea groups is 1. The fourth-order valence-electron chi connectivity index (χ4n) is 2.60. The molecule has 2 N–H and O–H groups in total. The average molecular weight is 310 g/mol. The summed E-state index contributed by atoms with van der Waals surface area (Å²) in [6.07, 6.45) is 3.69. The number of aliphatic hydroxyl groups excluding tert-OH is 1. The van der Waals surface area contributed by atoms with Gasteiger partial charge in [-0.3, -0.25) is 0 Å². The maximum Gasteiger partial charge on any atom is 0.318 e. The lowest BCUT2D eigenvalue weighted by Crippen LogP contribution is -2.48. The Morgan fingerprint density at radius 2 is 2.23 bits per heavy atom. The molecule has 1 aliphatic heterocycles. The van der Waals surface area contributed by atoms with E-state index in [2.05, 4.69) is 15.5 Å². The first-order valence-corrected chi connectivity index (χ1v) is 7.90. The van der Waals surface area contributed by atoms with Crippen molar-refractivity contribution >= 4 is 6.03 Å². The van der Waals surface area contributed by atoms with Gasteiger partial charge in [0.25, 0.3) is 0 Å². The van der Waals surface area contributed by atoms with Crippen LogP contribution in [0.25, 0.3) is 0 Å². The van der Waals surface area contributed by atoms with Gasteiger partial charge >= 0.3 is 6.03 Å². The molecule has 1 aromatic heterocycles. The topological polar surface area (TPSA) is 91.5 Å². The molecule has 2 heterocycles. The molecular weight excluding hydrogens is 284 g/mol. The summed E-state index contributed by atoms with van der Waals surface area (Å²) >= 11 is 0. The molecule has 1 aliphatic rings. The molecule has 0 radical (unpaired) electrons. The zero-order valence-electron chi connectivity index (χ0n) is 13.6. The van der Waals surface area contributed by atoms with Gasteiger partial charge in [-0.25, -0.2) is 4.79 Å². The van der Waals surface area contributed by atoms with Crippen LogP contribution in [0.2, 0.25) is 0 Å². The molecule has 0 aliphatic carbocycles. The second-order valence-electron chi connectivity index (χ2n) is 6.78. The summed E-state index contributed by atoms with van der Waals surface area (Å²) in [7, 11) is 0. The summed E-state index contributed by atoms with van der Waals surface area (Å²) in [6.45, 7) is 7.08. The standard InChI is InChI=1S/C15H26N4O3/c1-15(2,3)13-17-12(18-22-13)10-16-14(21)19-8-5-4-6-11(19)7-9-20/h11,20H,4-10H2,1-3H3,(H,16,21)/t11-/m1/s1. The van der Waals surface area contributed by atoms with Crippen molar-refractivity contribution in [1.82, 2.24) is 20.4 Å². The van der Waals surface area contributed by atoms with Crippen LogP contribution in [0.5, 0.6) is 0 Å². The van der Waals surface area contributed by atoms with Gasteiger partial charge in [0, 0.05) is 24.6 Å². The first kappa shape index (κ1) is 16.7. The monoisotopic (exact) mass is 310 g/mol. The molecule has 2 amide bonds. The highest BCUT2D eigenvalue weighted by Gasteiger charge is 2.26. The maximum absolute atomic E-state index is 12.3. The number of nitrogens with zero attached hydrogens (tertiary/aromatic N) is 3. The van der Waals surface area contributed by atoms with Crippen LogP contribution in [-0.4, -0.2) is 45.4 Å². The third-order valence-corrected chi connectivity index (χ3v) is 3.86. The van der Waals surface area contributed by atoms with Gasteiger partial charge in [0.2, 0.25) is 5.89 Å². The van der Waals surface area contributed by atoms with Crippen molar-refractivity contribution in [1.29, 1.82) is 0 Å². The molecule has 0 aromatic carbocycles. The Morgan fingerprint density at radius 1 is 1.45 bits per heavy atom. The predicted molar refractivity (Wildman–Crippen MR) is 81.3 cm³/mol. The number of hydrogen-bond donors (Lipinski definition) is 2. The lowest BCUT2D eigenvalue weighted by molar-refractivity contribution is 0.131. The van der Waals surface area contributed by atoms with Crippen molar-refractivity contribution in [3.63, 3.8) is 0 Å². The minimum Gasteiger partial charge on any atom is -0.396 e. The molecule has 0 spiro atoms. The third kappa shape index (κ3) is 4.19. The van der Waals surface area contributed by atoms with Crippen LogP contribution in [-0.2, 0) is 12.0 Å². The quantitative estimate of drug-likeness (QED) is 0.885. The van der Waals surface area contributed by atoms with Crippen LogP contribution in [0.1, 0.15) is 58.2 Å². The van der Waals surface area contributed by atoms with Crippen molar-refractivity contribution in [3.8, 4) is 0 Å². The highest BCUT2D eigenvalue weighted by molar-refractivity contribution is 5.74. The van der Waals surface area contributed by atoms with Crippen LogP contribution in [0.4, 0.5) is 4.79 Å². The summed E-state index contributed by atoms with van der Waals surface area (Å²) in [4.78, 5) is 18.4. The number of rotatable bonds is 4. The first-order valence-electron chi connectivity index (χ1n) is 7.90. The summed E-state index contributed by atoms with van der Waals surface area (Å²) in [5.41, 5.74) is -0.200. The number of aliphatic hydroxyl groups is 1. The lowest BCUT2D eigenvalue weighted by Gasteiger charge is -2.35. The molecule has 7 heteroatoms. The van der Waals surface area contributed by atoms with E-state index in [1.54, 1.807) is 0 Å². The van der Waals surface area contributed by atoms with E-state index in [0.717, 1.165) is 25.8 Å². The minimum absolute atomic E-state index is 0.105. The van der Waals surface area contributed by atoms with E-state index < -0.39 is 0 Å². The van der Waals surface area contributed by atoms with Crippen LogP contribution in [0.15, 0.2) is 4.52 Å².